The number of aryl methyl sites for hydroxylation is 2. The molecule has 5 rings (SSSR count). The maximum absolute atomic E-state index is 13.4. The van der Waals surface area contributed by atoms with Crippen LogP contribution in [0, 0.1) is 6.92 Å². The normalized spacial score (nSPS) is 13.2. The van der Waals surface area contributed by atoms with E-state index >= 15 is 0 Å². The number of fused-ring (bicyclic) bond motifs is 1. The molecule has 30 heavy (non-hydrogen) atoms. The van der Waals surface area contributed by atoms with Gasteiger partial charge in [-0.05, 0) is 42.2 Å². The van der Waals surface area contributed by atoms with Crippen LogP contribution in [0.1, 0.15) is 22.5 Å². The zero-order chi connectivity index (χ0) is 20.5. The van der Waals surface area contributed by atoms with Gasteiger partial charge in [0.15, 0.2) is 0 Å². The molecule has 0 saturated heterocycles. The van der Waals surface area contributed by atoms with E-state index in [9.17, 15) is 4.79 Å². The number of hydrogen-bond acceptors (Lipinski definition) is 3. The summed E-state index contributed by atoms with van der Waals surface area (Å²) >= 11 is 0. The highest BCUT2D eigenvalue weighted by molar-refractivity contribution is 6.08. The Bertz CT molecular complexity index is 1200. The molecule has 0 radical (unpaired) electrons. The van der Waals surface area contributed by atoms with Gasteiger partial charge in [-0.25, -0.2) is 4.68 Å². The van der Waals surface area contributed by atoms with Crippen molar-refractivity contribution >= 4 is 11.7 Å². The Morgan fingerprint density at radius 1 is 0.900 bits per heavy atom. The van der Waals surface area contributed by atoms with Gasteiger partial charge in [0.05, 0.1) is 11.3 Å². The van der Waals surface area contributed by atoms with E-state index in [0.29, 0.717) is 12.1 Å². The second-order valence-electron chi connectivity index (χ2n) is 7.47. The smallest absolute Gasteiger partial charge is 0.261 e. The summed E-state index contributed by atoms with van der Waals surface area (Å²) in [6.07, 6.45) is 4.19. The lowest BCUT2D eigenvalue weighted by Crippen LogP contribution is -2.38. The molecule has 0 atom stereocenters. The Kier molecular flexibility index (Phi) is 4.64. The Hall–Kier alpha value is -3.73. The standard InChI is InChI=1S/C25H22N4O/c1-18-23(22-13-6-5-12-21(22)19-9-3-2-4-10-19)24-28(15-8-16-29(24)27-18)25(30)20-11-7-14-26-17-20/h2-7,9-14,17H,8,15-16H2,1H3. The van der Waals surface area contributed by atoms with Crippen molar-refractivity contribution in [3.63, 3.8) is 0 Å². The molecule has 148 valence electrons. The van der Waals surface area contributed by atoms with Crippen LogP contribution in [-0.4, -0.2) is 27.2 Å². The Labute approximate surface area is 175 Å². The van der Waals surface area contributed by atoms with Gasteiger partial charge < -0.3 is 0 Å². The molecule has 1 aliphatic heterocycles. The van der Waals surface area contributed by atoms with Crippen LogP contribution in [0.4, 0.5) is 5.82 Å². The maximum Gasteiger partial charge on any atom is 0.261 e. The van der Waals surface area contributed by atoms with Gasteiger partial charge in [-0.15, -0.1) is 0 Å². The highest BCUT2D eigenvalue weighted by Gasteiger charge is 2.30. The monoisotopic (exact) mass is 394 g/mol. The number of pyridine rings is 1. The molecule has 5 nitrogen and oxygen atoms in total. The lowest BCUT2D eigenvalue weighted by atomic mass is 9.94. The molecule has 2 aromatic carbocycles. The number of carbonyl (C=O) groups excluding carboxylic acids is 1. The van der Waals surface area contributed by atoms with Gasteiger partial charge in [-0.3, -0.25) is 14.7 Å². The second kappa shape index (κ2) is 7.59. The molecule has 5 heteroatoms. The summed E-state index contributed by atoms with van der Waals surface area (Å²) in [7, 11) is 0. The molecular formula is C25H22N4O. The van der Waals surface area contributed by atoms with Crippen LogP contribution in [-0.2, 0) is 6.54 Å². The molecule has 1 amide bonds. The first kappa shape index (κ1) is 18.3. The van der Waals surface area contributed by atoms with Crippen LogP contribution < -0.4 is 4.90 Å². The first-order valence-electron chi connectivity index (χ1n) is 10.2. The SMILES string of the molecule is Cc1nn2c(c1-c1ccccc1-c1ccccc1)N(C(=O)c1cccnc1)CCC2. The number of rotatable bonds is 3. The molecular weight excluding hydrogens is 372 g/mol. The van der Waals surface area contributed by atoms with Gasteiger partial charge in [0.1, 0.15) is 5.82 Å². The van der Waals surface area contributed by atoms with Crippen molar-refractivity contribution in [3.05, 3.63) is 90.4 Å². The fourth-order valence-corrected chi connectivity index (χ4v) is 4.21. The topological polar surface area (TPSA) is 51.0 Å². The Morgan fingerprint density at radius 2 is 1.67 bits per heavy atom. The number of carbonyl (C=O) groups is 1. The zero-order valence-corrected chi connectivity index (χ0v) is 16.8. The summed E-state index contributed by atoms with van der Waals surface area (Å²) < 4.78 is 1.98. The van der Waals surface area contributed by atoms with Crippen LogP contribution in [0.2, 0.25) is 0 Å². The third kappa shape index (κ3) is 3.08. The molecule has 2 aromatic heterocycles. The first-order valence-corrected chi connectivity index (χ1v) is 10.2. The van der Waals surface area contributed by atoms with E-state index in [4.69, 9.17) is 5.10 Å². The number of amides is 1. The van der Waals surface area contributed by atoms with Crippen LogP contribution in [0.3, 0.4) is 0 Å². The summed E-state index contributed by atoms with van der Waals surface area (Å²) in [6, 6.07) is 22.3. The Balaban J connectivity index is 1.68. The maximum atomic E-state index is 13.4. The van der Waals surface area contributed by atoms with Crippen LogP contribution in [0.25, 0.3) is 22.3 Å². The van der Waals surface area contributed by atoms with Crippen molar-refractivity contribution in [1.29, 1.82) is 0 Å². The van der Waals surface area contributed by atoms with E-state index in [1.807, 2.05) is 46.8 Å². The van der Waals surface area contributed by atoms with Gasteiger partial charge in [0.25, 0.3) is 5.91 Å². The van der Waals surface area contributed by atoms with E-state index in [1.165, 1.54) is 0 Å². The van der Waals surface area contributed by atoms with E-state index in [2.05, 4.69) is 35.3 Å². The average molecular weight is 394 g/mol. The van der Waals surface area contributed by atoms with E-state index in [1.54, 1.807) is 18.5 Å². The first-order chi connectivity index (χ1) is 14.7. The van der Waals surface area contributed by atoms with Crippen molar-refractivity contribution in [3.8, 4) is 22.3 Å². The van der Waals surface area contributed by atoms with E-state index in [-0.39, 0.29) is 5.91 Å². The number of benzene rings is 2. The summed E-state index contributed by atoms with van der Waals surface area (Å²) in [5.74, 6) is 0.832. The van der Waals surface area contributed by atoms with Crippen LogP contribution in [0.15, 0.2) is 79.1 Å². The predicted molar refractivity (Wildman–Crippen MR) is 118 cm³/mol. The molecule has 4 aromatic rings. The van der Waals surface area contributed by atoms with Crippen molar-refractivity contribution in [2.45, 2.75) is 19.9 Å². The fraction of sp³-hybridized carbons (Fsp3) is 0.160. The highest BCUT2D eigenvalue weighted by atomic mass is 16.2. The summed E-state index contributed by atoms with van der Waals surface area (Å²) in [5.41, 5.74) is 5.91. The van der Waals surface area contributed by atoms with Gasteiger partial charge in [0, 0.05) is 31.0 Å². The van der Waals surface area contributed by atoms with E-state index in [0.717, 1.165) is 46.7 Å². The van der Waals surface area contributed by atoms with Crippen LogP contribution >= 0.6 is 0 Å². The predicted octanol–water partition coefficient (Wildman–Crippen LogP) is 4.97. The molecule has 0 bridgehead atoms. The third-order valence-electron chi connectivity index (χ3n) is 5.54. The van der Waals surface area contributed by atoms with Gasteiger partial charge >= 0.3 is 0 Å². The molecule has 0 aliphatic carbocycles. The van der Waals surface area contributed by atoms with E-state index < -0.39 is 0 Å². The summed E-state index contributed by atoms with van der Waals surface area (Å²) in [6.45, 7) is 3.50. The third-order valence-corrected chi connectivity index (χ3v) is 5.54. The van der Waals surface area contributed by atoms with Gasteiger partial charge in [-0.2, -0.15) is 5.10 Å². The van der Waals surface area contributed by atoms with Crippen molar-refractivity contribution < 1.29 is 4.79 Å². The lowest BCUT2D eigenvalue weighted by molar-refractivity contribution is 0.0981. The Morgan fingerprint density at radius 3 is 2.43 bits per heavy atom. The second-order valence-corrected chi connectivity index (χ2v) is 7.47. The largest absolute Gasteiger partial charge is 0.292 e. The summed E-state index contributed by atoms with van der Waals surface area (Å²) in [4.78, 5) is 19.3. The minimum Gasteiger partial charge on any atom is -0.292 e. The molecule has 0 spiro atoms. The molecule has 0 N–H and O–H groups in total. The van der Waals surface area contributed by atoms with Crippen molar-refractivity contribution in [1.82, 2.24) is 14.8 Å². The number of aromatic nitrogens is 3. The van der Waals surface area contributed by atoms with Crippen molar-refractivity contribution in [2.24, 2.45) is 0 Å². The molecule has 0 unspecified atom stereocenters. The molecule has 1 aliphatic rings. The number of hydrogen-bond donors (Lipinski definition) is 0. The zero-order valence-electron chi connectivity index (χ0n) is 16.8. The van der Waals surface area contributed by atoms with Crippen LogP contribution in [0.5, 0.6) is 0 Å². The van der Waals surface area contributed by atoms with Gasteiger partial charge in [0.2, 0.25) is 0 Å². The minimum atomic E-state index is -0.0395. The molecule has 3 heterocycles. The highest BCUT2D eigenvalue weighted by Crippen LogP contribution is 2.41. The molecule has 0 fully saturated rings. The van der Waals surface area contributed by atoms with Crippen molar-refractivity contribution in [2.75, 3.05) is 11.4 Å². The fourth-order valence-electron chi connectivity index (χ4n) is 4.21. The average Bonchev–Trinajstić information content (AvgIpc) is 3.15. The van der Waals surface area contributed by atoms with Gasteiger partial charge in [-0.1, -0.05) is 54.6 Å². The lowest BCUT2D eigenvalue weighted by Gasteiger charge is -2.29. The molecule has 0 saturated carbocycles. The summed E-state index contributed by atoms with van der Waals surface area (Å²) in [5, 5.41) is 4.80. The quantitative estimate of drug-likeness (QED) is 0.493. The number of nitrogens with zero attached hydrogens (tertiary/aromatic N) is 4. The number of anilines is 1. The minimum absolute atomic E-state index is 0.0395.